The van der Waals surface area contributed by atoms with Gasteiger partial charge in [0.1, 0.15) is 0 Å². The van der Waals surface area contributed by atoms with Crippen LogP contribution in [0.5, 0.6) is 0 Å². The number of hydrogen-bond acceptors (Lipinski definition) is 4. The van der Waals surface area contributed by atoms with Crippen molar-refractivity contribution in [1.29, 1.82) is 0 Å². The average molecular weight is 423 g/mol. The summed E-state index contributed by atoms with van der Waals surface area (Å²) in [6.45, 7) is 5.54. The second-order valence-electron chi connectivity index (χ2n) is 8.80. The number of amides is 1. The lowest BCUT2D eigenvalue weighted by Gasteiger charge is -2.10. The van der Waals surface area contributed by atoms with E-state index in [0.29, 0.717) is 0 Å². The van der Waals surface area contributed by atoms with E-state index in [1.807, 2.05) is 19.2 Å². The van der Waals surface area contributed by atoms with Gasteiger partial charge in [-0.25, -0.2) is 0 Å². The lowest BCUT2D eigenvalue weighted by molar-refractivity contribution is 0.0963. The largest absolute Gasteiger partial charge is 0.355 e. The second-order valence-corrected chi connectivity index (χ2v) is 8.80. The van der Waals surface area contributed by atoms with E-state index < -0.39 is 0 Å². The number of benzene rings is 2. The minimum absolute atomic E-state index is 0.000372. The molecule has 2 aliphatic rings. The molecule has 0 saturated carbocycles. The van der Waals surface area contributed by atoms with Crippen molar-refractivity contribution in [1.82, 2.24) is 20.4 Å². The van der Waals surface area contributed by atoms with Crippen molar-refractivity contribution in [3.05, 3.63) is 69.8 Å². The molecule has 2 aromatic carbocycles. The lowest BCUT2D eigenvalue weighted by Crippen LogP contribution is -2.20. The fourth-order valence-electron chi connectivity index (χ4n) is 4.33. The highest BCUT2D eigenvalue weighted by atomic mass is 16.1. The van der Waals surface area contributed by atoms with Crippen LogP contribution in [0.4, 0.5) is 0 Å². The molecule has 0 bridgehead atoms. The van der Waals surface area contributed by atoms with E-state index in [0.717, 1.165) is 38.0 Å². The molecule has 2 heterocycles. The Morgan fingerprint density at radius 3 is 1.84 bits per heavy atom. The number of likely N-dealkylation sites (N-methyl/N-ethyl adjacent to an activating group) is 2. The van der Waals surface area contributed by atoms with E-state index in [1.54, 1.807) is 18.2 Å². The maximum Gasteiger partial charge on any atom is 0.251 e. The van der Waals surface area contributed by atoms with Gasteiger partial charge in [0.25, 0.3) is 5.91 Å². The zero-order valence-corrected chi connectivity index (χ0v) is 19.6. The Labute approximate surface area is 187 Å². The standard InChI is InChI=1S/C13H18N2O.C13H20N2/c1-14-13(16)12-4-3-10-5-7-15(2)8-6-11(10)9-12;1-14-10-11-3-4-12-5-7-15(2)8-6-13(12)9-11/h3-4,9H,5-8H2,1-2H3,(H,14,16);3-4,9,14H,5-8,10H2,1-2H3. The van der Waals surface area contributed by atoms with Crippen LogP contribution in [-0.4, -0.2) is 70.1 Å². The summed E-state index contributed by atoms with van der Waals surface area (Å²) in [4.78, 5) is 16.3. The average Bonchev–Trinajstić information content (AvgIpc) is 3.09. The van der Waals surface area contributed by atoms with Crippen molar-refractivity contribution in [2.24, 2.45) is 0 Å². The minimum atomic E-state index is 0.000372. The van der Waals surface area contributed by atoms with Crippen LogP contribution in [0.25, 0.3) is 0 Å². The van der Waals surface area contributed by atoms with Crippen LogP contribution < -0.4 is 10.6 Å². The van der Waals surface area contributed by atoms with Crippen LogP contribution in [0.3, 0.4) is 0 Å². The zero-order valence-electron chi connectivity index (χ0n) is 19.6. The number of carbonyl (C=O) groups excluding carboxylic acids is 1. The van der Waals surface area contributed by atoms with Crippen LogP contribution in [0.2, 0.25) is 0 Å². The van der Waals surface area contributed by atoms with E-state index in [1.165, 1.54) is 42.6 Å². The molecule has 2 N–H and O–H groups in total. The third kappa shape index (κ3) is 6.63. The molecule has 0 fully saturated rings. The molecule has 0 radical (unpaired) electrons. The van der Waals surface area contributed by atoms with Gasteiger partial charge in [0.15, 0.2) is 0 Å². The number of fused-ring (bicyclic) bond motifs is 2. The Bertz CT molecular complexity index is 880. The Hall–Kier alpha value is -2.21. The Balaban J connectivity index is 0.000000176. The fourth-order valence-corrected chi connectivity index (χ4v) is 4.33. The molecular weight excluding hydrogens is 384 g/mol. The minimum Gasteiger partial charge on any atom is -0.355 e. The normalized spacial score (nSPS) is 16.8. The monoisotopic (exact) mass is 422 g/mol. The molecule has 31 heavy (non-hydrogen) atoms. The molecule has 2 aliphatic heterocycles. The van der Waals surface area contributed by atoms with Crippen LogP contribution in [0.15, 0.2) is 36.4 Å². The van der Waals surface area contributed by atoms with E-state index >= 15 is 0 Å². The van der Waals surface area contributed by atoms with Gasteiger partial charge in [-0.2, -0.15) is 0 Å². The van der Waals surface area contributed by atoms with Crippen molar-refractivity contribution in [2.75, 3.05) is 54.4 Å². The molecule has 0 saturated heterocycles. The first-order chi connectivity index (χ1) is 15.0. The molecule has 0 aliphatic carbocycles. The summed E-state index contributed by atoms with van der Waals surface area (Å²) in [5, 5.41) is 5.87. The molecular formula is C26H38N4O. The first-order valence-corrected chi connectivity index (χ1v) is 11.5. The van der Waals surface area contributed by atoms with E-state index in [4.69, 9.17) is 0 Å². The van der Waals surface area contributed by atoms with Crippen molar-refractivity contribution in [2.45, 2.75) is 32.2 Å². The Morgan fingerprint density at radius 2 is 1.29 bits per heavy atom. The predicted octanol–water partition coefficient (Wildman–Crippen LogP) is 2.51. The van der Waals surface area contributed by atoms with Gasteiger partial charge >= 0.3 is 0 Å². The predicted molar refractivity (Wildman–Crippen MR) is 129 cm³/mol. The highest BCUT2D eigenvalue weighted by molar-refractivity contribution is 5.94. The summed E-state index contributed by atoms with van der Waals surface area (Å²) in [6.07, 6.45) is 4.52. The lowest BCUT2D eigenvalue weighted by atomic mass is 10.00. The van der Waals surface area contributed by atoms with E-state index in [9.17, 15) is 4.79 Å². The highest BCUT2D eigenvalue weighted by Gasteiger charge is 2.13. The van der Waals surface area contributed by atoms with Crippen molar-refractivity contribution < 1.29 is 4.79 Å². The highest BCUT2D eigenvalue weighted by Crippen LogP contribution is 2.18. The van der Waals surface area contributed by atoms with Crippen molar-refractivity contribution in [3.63, 3.8) is 0 Å². The molecule has 1 amide bonds. The third-order valence-electron chi connectivity index (χ3n) is 6.40. The molecule has 4 rings (SSSR count). The van der Waals surface area contributed by atoms with Gasteiger partial charge in [-0.3, -0.25) is 4.79 Å². The molecule has 0 atom stereocenters. The fraction of sp³-hybridized carbons (Fsp3) is 0.500. The number of nitrogens with zero attached hydrogens (tertiary/aromatic N) is 2. The number of hydrogen-bond donors (Lipinski definition) is 2. The smallest absolute Gasteiger partial charge is 0.251 e. The van der Waals surface area contributed by atoms with Crippen LogP contribution in [-0.2, 0) is 32.2 Å². The molecule has 0 spiro atoms. The Morgan fingerprint density at radius 1 is 0.774 bits per heavy atom. The SMILES string of the molecule is CNC(=O)c1ccc2c(c1)CCN(C)CC2.CNCc1ccc2c(c1)CCN(C)CC2. The maximum atomic E-state index is 11.5. The van der Waals surface area contributed by atoms with Gasteiger partial charge in [0.2, 0.25) is 0 Å². The molecule has 0 aromatic heterocycles. The van der Waals surface area contributed by atoms with Crippen LogP contribution >= 0.6 is 0 Å². The summed E-state index contributed by atoms with van der Waals surface area (Å²) in [6, 6.07) is 13.0. The van der Waals surface area contributed by atoms with Gasteiger partial charge in [-0.15, -0.1) is 0 Å². The summed E-state index contributed by atoms with van der Waals surface area (Å²) < 4.78 is 0. The van der Waals surface area contributed by atoms with Gasteiger partial charge in [0.05, 0.1) is 0 Å². The van der Waals surface area contributed by atoms with Crippen molar-refractivity contribution >= 4 is 5.91 Å². The molecule has 0 unspecified atom stereocenters. The summed E-state index contributed by atoms with van der Waals surface area (Å²) in [5.74, 6) is 0.000372. The van der Waals surface area contributed by atoms with E-state index in [-0.39, 0.29) is 5.91 Å². The molecule has 168 valence electrons. The third-order valence-corrected chi connectivity index (χ3v) is 6.40. The van der Waals surface area contributed by atoms with Gasteiger partial charge in [-0.1, -0.05) is 24.3 Å². The summed E-state index contributed by atoms with van der Waals surface area (Å²) in [7, 11) is 8.02. The van der Waals surface area contributed by atoms with Crippen LogP contribution in [0, 0.1) is 0 Å². The van der Waals surface area contributed by atoms with E-state index in [2.05, 4.69) is 58.8 Å². The number of carbonyl (C=O) groups is 1. The van der Waals surface area contributed by atoms with Crippen molar-refractivity contribution in [3.8, 4) is 0 Å². The molecule has 2 aromatic rings. The topological polar surface area (TPSA) is 47.6 Å². The number of rotatable bonds is 3. The zero-order chi connectivity index (χ0) is 22.2. The summed E-state index contributed by atoms with van der Waals surface area (Å²) in [5.41, 5.74) is 7.97. The quantitative estimate of drug-likeness (QED) is 0.798. The molecule has 5 nitrogen and oxygen atoms in total. The molecule has 5 heteroatoms. The second kappa shape index (κ2) is 11.4. The number of nitrogens with one attached hydrogen (secondary N) is 2. The summed E-state index contributed by atoms with van der Waals surface area (Å²) >= 11 is 0. The first kappa shape index (κ1) is 23.5. The van der Waals surface area contributed by atoms with Gasteiger partial charge in [0, 0.05) is 45.3 Å². The first-order valence-electron chi connectivity index (χ1n) is 11.5. The Kier molecular flexibility index (Phi) is 8.64. The van der Waals surface area contributed by atoms with Gasteiger partial charge in [-0.05, 0) is 86.8 Å². The van der Waals surface area contributed by atoms with Gasteiger partial charge < -0.3 is 20.4 Å². The maximum absolute atomic E-state index is 11.5. The van der Waals surface area contributed by atoms with Crippen LogP contribution in [0.1, 0.15) is 38.2 Å².